The Balaban J connectivity index is 1.41. The zero-order valence-corrected chi connectivity index (χ0v) is 16.7. The lowest BCUT2D eigenvalue weighted by Gasteiger charge is -2.33. The van der Waals surface area contributed by atoms with Crippen molar-refractivity contribution in [3.63, 3.8) is 0 Å². The predicted molar refractivity (Wildman–Crippen MR) is 106 cm³/mol. The number of hydrogen-bond donors (Lipinski definition) is 0. The van der Waals surface area contributed by atoms with Crippen molar-refractivity contribution in [3.05, 3.63) is 70.5 Å². The first-order valence-electron chi connectivity index (χ1n) is 9.25. The monoisotopic (exact) mass is 429 g/mol. The van der Waals surface area contributed by atoms with Gasteiger partial charge in [0, 0.05) is 38.3 Å². The van der Waals surface area contributed by atoms with E-state index in [1.165, 1.54) is 28.6 Å². The van der Waals surface area contributed by atoms with E-state index < -0.39 is 14.9 Å². The first-order chi connectivity index (χ1) is 14.4. The summed E-state index contributed by atoms with van der Waals surface area (Å²) in [5.74, 6) is 0.674. The van der Waals surface area contributed by atoms with E-state index in [1.807, 2.05) is 30.3 Å². The van der Waals surface area contributed by atoms with E-state index >= 15 is 0 Å². The fourth-order valence-electron chi connectivity index (χ4n) is 3.29. The number of aromatic nitrogens is 4. The molecule has 0 aliphatic carbocycles. The number of hydrogen-bond acceptors (Lipinski definition) is 8. The first kappa shape index (κ1) is 20.1. The van der Waals surface area contributed by atoms with Crippen LogP contribution in [0.25, 0.3) is 5.69 Å². The van der Waals surface area contributed by atoms with Gasteiger partial charge in [0.2, 0.25) is 10.0 Å². The van der Waals surface area contributed by atoms with E-state index in [1.54, 1.807) is 4.68 Å². The van der Waals surface area contributed by atoms with Crippen molar-refractivity contribution in [2.45, 2.75) is 11.4 Å². The summed E-state index contributed by atoms with van der Waals surface area (Å²) >= 11 is 0. The Morgan fingerprint density at radius 1 is 0.967 bits per heavy atom. The number of benzene rings is 2. The van der Waals surface area contributed by atoms with Crippen molar-refractivity contribution in [2.75, 3.05) is 26.2 Å². The summed E-state index contributed by atoms with van der Waals surface area (Å²) in [6.07, 6.45) is 0. The molecule has 0 bridgehead atoms. The quantitative estimate of drug-likeness (QED) is 0.421. The lowest BCUT2D eigenvalue weighted by atomic mass is 10.3. The lowest BCUT2D eigenvalue weighted by Crippen LogP contribution is -2.48. The van der Waals surface area contributed by atoms with Crippen LogP contribution in [0, 0.1) is 10.1 Å². The van der Waals surface area contributed by atoms with E-state index in [4.69, 9.17) is 0 Å². The van der Waals surface area contributed by atoms with Crippen LogP contribution < -0.4 is 0 Å². The molecule has 2 heterocycles. The van der Waals surface area contributed by atoms with Crippen LogP contribution in [0.3, 0.4) is 0 Å². The van der Waals surface area contributed by atoms with Crippen molar-refractivity contribution < 1.29 is 13.3 Å². The fourth-order valence-corrected chi connectivity index (χ4v) is 4.71. The standard InChI is InChI=1S/C18H19N7O4S/c26-25(27)16-6-8-17(9-7-16)30(28,29)23-12-10-22(11-13-23)14-18-19-20-21-24(18)15-4-2-1-3-5-15/h1-9H,10-14H2. The second kappa shape index (κ2) is 8.26. The number of non-ortho nitro benzene ring substituents is 1. The number of nitro benzene ring substituents is 1. The average Bonchev–Trinajstić information content (AvgIpc) is 3.23. The largest absolute Gasteiger partial charge is 0.293 e. The smallest absolute Gasteiger partial charge is 0.269 e. The fraction of sp³-hybridized carbons (Fsp3) is 0.278. The molecule has 1 aliphatic rings. The minimum Gasteiger partial charge on any atom is -0.293 e. The van der Waals surface area contributed by atoms with Gasteiger partial charge in [0.15, 0.2) is 5.82 Å². The Morgan fingerprint density at radius 3 is 2.27 bits per heavy atom. The lowest BCUT2D eigenvalue weighted by molar-refractivity contribution is -0.384. The van der Waals surface area contributed by atoms with Crippen molar-refractivity contribution in [1.82, 2.24) is 29.4 Å². The molecule has 0 radical (unpaired) electrons. The normalized spacial score (nSPS) is 15.9. The van der Waals surface area contributed by atoms with Crippen LogP contribution in [0.15, 0.2) is 59.5 Å². The number of nitro groups is 1. The Labute approximate surface area is 172 Å². The van der Waals surface area contributed by atoms with Crippen LogP contribution >= 0.6 is 0 Å². The highest BCUT2D eigenvalue weighted by Crippen LogP contribution is 2.21. The van der Waals surface area contributed by atoms with Gasteiger partial charge in [-0.05, 0) is 34.7 Å². The average molecular weight is 429 g/mol. The maximum Gasteiger partial charge on any atom is 0.269 e. The van der Waals surface area contributed by atoms with Crippen LogP contribution in [0.1, 0.15) is 5.82 Å². The molecule has 30 heavy (non-hydrogen) atoms. The number of sulfonamides is 1. The third kappa shape index (κ3) is 4.06. The van der Waals surface area contributed by atoms with Gasteiger partial charge in [-0.3, -0.25) is 15.0 Å². The van der Waals surface area contributed by atoms with E-state index in [0.29, 0.717) is 38.5 Å². The summed E-state index contributed by atoms with van der Waals surface area (Å²) in [6, 6.07) is 14.5. The van der Waals surface area contributed by atoms with Crippen LogP contribution in [0.2, 0.25) is 0 Å². The number of para-hydroxylation sites is 1. The minimum atomic E-state index is -3.70. The predicted octanol–water partition coefficient (Wildman–Crippen LogP) is 1.08. The zero-order chi connectivity index (χ0) is 21.1. The van der Waals surface area contributed by atoms with Gasteiger partial charge in [-0.25, -0.2) is 8.42 Å². The van der Waals surface area contributed by atoms with Gasteiger partial charge in [0.1, 0.15) is 0 Å². The highest BCUT2D eigenvalue weighted by atomic mass is 32.2. The Morgan fingerprint density at radius 2 is 1.63 bits per heavy atom. The molecule has 1 aliphatic heterocycles. The maximum atomic E-state index is 12.8. The van der Waals surface area contributed by atoms with Gasteiger partial charge >= 0.3 is 0 Å². The summed E-state index contributed by atoms with van der Waals surface area (Å²) < 4.78 is 28.7. The molecule has 1 aromatic heterocycles. The van der Waals surface area contributed by atoms with Gasteiger partial charge in [0.25, 0.3) is 5.69 Å². The Bertz CT molecular complexity index is 1120. The second-order valence-corrected chi connectivity index (χ2v) is 8.71. The summed E-state index contributed by atoms with van der Waals surface area (Å²) in [4.78, 5) is 12.4. The molecule has 0 spiro atoms. The molecule has 1 saturated heterocycles. The van der Waals surface area contributed by atoms with Crippen molar-refractivity contribution in [1.29, 1.82) is 0 Å². The molecule has 156 valence electrons. The summed E-state index contributed by atoms with van der Waals surface area (Å²) in [7, 11) is -3.70. The van der Waals surface area contributed by atoms with Gasteiger partial charge in [0.05, 0.1) is 22.1 Å². The van der Waals surface area contributed by atoms with E-state index in [9.17, 15) is 18.5 Å². The molecule has 0 N–H and O–H groups in total. The molecule has 0 atom stereocenters. The molecule has 1 fully saturated rings. The van der Waals surface area contributed by atoms with E-state index in [0.717, 1.165) is 5.69 Å². The molecule has 4 rings (SSSR count). The third-order valence-electron chi connectivity index (χ3n) is 4.92. The van der Waals surface area contributed by atoms with E-state index in [2.05, 4.69) is 20.4 Å². The van der Waals surface area contributed by atoms with Gasteiger partial charge < -0.3 is 0 Å². The number of tetrazole rings is 1. The molecule has 0 unspecified atom stereocenters. The summed E-state index contributed by atoms with van der Waals surface area (Å²) in [5, 5.41) is 22.7. The molecule has 12 heteroatoms. The van der Waals surface area contributed by atoms with E-state index in [-0.39, 0.29) is 10.6 Å². The second-order valence-electron chi connectivity index (χ2n) is 6.77. The molecule has 0 saturated carbocycles. The Hall–Kier alpha value is -3.22. The minimum absolute atomic E-state index is 0.0505. The first-order valence-corrected chi connectivity index (χ1v) is 10.7. The van der Waals surface area contributed by atoms with Crippen LogP contribution in [-0.4, -0.2) is 68.9 Å². The van der Waals surface area contributed by atoms with Gasteiger partial charge in [-0.15, -0.1) is 5.10 Å². The van der Waals surface area contributed by atoms with Crippen LogP contribution in [-0.2, 0) is 16.6 Å². The summed E-state index contributed by atoms with van der Waals surface area (Å²) in [5.41, 5.74) is 0.715. The highest BCUT2D eigenvalue weighted by Gasteiger charge is 2.29. The number of piperazine rings is 1. The van der Waals surface area contributed by atoms with Crippen molar-refractivity contribution in [2.24, 2.45) is 0 Å². The molecule has 2 aromatic carbocycles. The molecular formula is C18H19N7O4S. The summed E-state index contributed by atoms with van der Waals surface area (Å²) in [6.45, 7) is 2.16. The molecule has 11 nitrogen and oxygen atoms in total. The Kier molecular flexibility index (Phi) is 5.53. The third-order valence-corrected chi connectivity index (χ3v) is 6.83. The molecule has 0 amide bonds. The molecule has 3 aromatic rings. The SMILES string of the molecule is O=[N+]([O-])c1ccc(S(=O)(=O)N2CCN(Cc3nnnn3-c3ccccc3)CC2)cc1. The van der Waals surface area contributed by atoms with Gasteiger partial charge in [-0.2, -0.15) is 8.99 Å². The number of nitrogens with zero attached hydrogens (tertiary/aromatic N) is 7. The highest BCUT2D eigenvalue weighted by molar-refractivity contribution is 7.89. The molecular weight excluding hydrogens is 410 g/mol. The zero-order valence-electron chi connectivity index (χ0n) is 15.9. The van der Waals surface area contributed by atoms with Crippen molar-refractivity contribution in [3.8, 4) is 5.69 Å². The maximum absolute atomic E-state index is 12.8. The van der Waals surface area contributed by atoms with Crippen molar-refractivity contribution >= 4 is 15.7 Å². The van der Waals surface area contributed by atoms with Crippen LogP contribution in [0.5, 0.6) is 0 Å². The van der Waals surface area contributed by atoms with Crippen LogP contribution in [0.4, 0.5) is 5.69 Å². The number of rotatable bonds is 6. The van der Waals surface area contributed by atoms with Gasteiger partial charge in [-0.1, -0.05) is 18.2 Å². The topological polar surface area (TPSA) is 127 Å².